The van der Waals surface area contributed by atoms with Gasteiger partial charge in [0.05, 0.1) is 12.9 Å². The van der Waals surface area contributed by atoms with E-state index in [-0.39, 0.29) is 16.7 Å². The van der Waals surface area contributed by atoms with Gasteiger partial charge in [0.2, 0.25) is 5.95 Å². The SMILES string of the molecule is C[C@@]1(O)[C@H](O)[C@@H](CO)O[C@H]1n1cnc2c(Cl)nc(N)nc21. The average Bonchev–Trinajstić information content (AvgIpc) is 2.91. The number of nitrogen functional groups attached to an aromatic ring is 1. The van der Waals surface area contributed by atoms with E-state index in [4.69, 9.17) is 22.1 Å². The van der Waals surface area contributed by atoms with E-state index in [0.717, 1.165) is 0 Å². The number of aliphatic hydroxyl groups is 3. The lowest BCUT2D eigenvalue weighted by Gasteiger charge is -2.27. The number of nitrogens with two attached hydrogens (primary N) is 1. The fourth-order valence-electron chi connectivity index (χ4n) is 2.46. The summed E-state index contributed by atoms with van der Waals surface area (Å²) in [4.78, 5) is 11.9. The number of aromatic nitrogens is 4. The van der Waals surface area contributed by atoms with Crippen LogP contribution in [0.4, 0.5) is 5.95 Å². The van der Waals surface area contributed by atoms with Gasteiger partial charge in [0.1, 0.15) is 23.3 Å². The van der Waals surface area contributed by atoms with Crippen molar-refractivity contribution in [3.8, 4) is 0 Å². The van der Waals surface area contributed by atoms with Crippen molar-refractivity contribution in [1.29, 1.82) is 0 Å². The number of hydrogen-bond acceptors (Lipinski definition) is 8. The molecule has 1 fully saturated rings. The molecule has 0 saturated carbocycles. The normalized spacial score (nSPS) is 32.9. The highest BCUT2D eigenvalue weighted by Gasteiger charge is 2.53. The van der Waals surface area contributed by atoms with E-state index >= 15 is 0 Å². The molecule has 0 aromatic carbocycles. The second-order valence-corrected chi connectivity index (χ2v) is 5.43. The van der Waals surface area contributed by atoms with E-state index in [1.807, 2.05) is 0 Å². The minimum Gasteiger partial charge on any atom is -0.394 e. The second kappa shape index (κ2) is 4.75. The molecule has 1 saturated heterocycles. The largest absolute Gasteiger partial charge is 0.394 e. The molecule has 0 aliphatic carbocycles. The number of rotatable bonds is 2. The second-order valence-electron chi connectivity index (χ2n) is 5.08. The van der Waals surface area contributed by atoms with Gasteiger partial charge in [0.15, 0.2) is 17.0 Å². The number of aliphatic hydroxyl groups excluding tert-OH is 2. The maximum absolute atomic E-state index is 10.5. The van der Waals surface area contributed by atoms with E-state index in [1.54, 1.807) is 0 Å². The number of ether oxygens (including phenoxy) is 1. The maximum Gasteiger partial charge on any atom is 0.223 e. The van der Waals surface area contributed by atoms with Crippen LogP contribution >= 0.6 is 11.6 Å². The maximum atomic E-state index is 10.5. The van der Waals surface area contributed by atoms with E-state index in [2.05, 4.69) is 15.0 Å². The molecule has 0 radical (unpaired) electrons. The molecule has 1 aliphatic heterocycles. The van der Waals surface area contributed by atoms with Crippen molar-refractivity contribution in [2.75, 3.05) is 12.3 Å². The third-order valence-electron chi connectivity index (χ3n) is 3.58. The molecule has 10 heteroatoms. The number of anilines is 1. The van der Waals surface area contributed by atoms with Crippen LogP contribution in [0.3, 0.4) is 0 Å². The van der Waals surface area contributed by atoms with Crippen molar-refractivity contribution in [1.82, 2.24) is 19.5 Å². The molecule has 9 nitrogen and oxygen atoms in total. The highest BCUT2D eigenvalue weighted by atomic mass is 35.5. The number of halogens is 1. The Labute approximate surface area is 124 Å². The Hall–Kier alpha value is -1.52. The van der Waals surface area contributed by atoms with Crippen molar-refractivity contribution in [3.05, 3.63) is 11.5 Å². The highest BCUT2D eigenvalue weighted by molar-refractivity contribution is 6.33. The summed E-state index contributed by atoms with van der Waals surface area (Å²) in [7, 11) is 0. The van der Waals surface area contributed by atoms with Crippen LogP contribution in [0.25, 0.3) is 11.2 Å². The number of nitrogens with zero attached hydrogens (tertiary/aromatic N) is 4. The predicted octanol–water partition coefficient (Wildman–Crippen LogP) is -0.937. The molecule has 1 aliphatic rings. The quantitative estimate of drug-likeness (QED) is 0.521. The molecular formula is C11H14ClN5O4. The monoisotopic (exact) mass is 315 g/mol. The van der Waals surface area contributed by atoms with Gasteiger partial charge in [-0.2, -0.15) is 9.97 Å². The van der Waals surface area contributed by atoms with Crippen LogP contribution < -0.4 is 5.73 Å². The highest BCUT2D eigenvalue weighted by Crippen LogP contribution is 2.39. The summed E-state index contributed by atoms with van der Waals surface area (Å²) in [6, 6.07) is 0. The average molecular weight is 316 g/mol. The third-order valence-corrected chi connectivity index (χ3v) is 3.85. The Balaban J connectivity index is 2.13. The van der Waals surface area contributed by atoms with Crippen LogP contribution in [0.1, 0.15) is 13.2 Å². The molecule has 0 unspecified atom stereocenters. The lowest BCUT2D eigenvalue weighted by molar-refractivity contribution is -0.0950. The Bertz CT molecular complexity index is 691. The van der Waals surface area contributed by atoms with Gasteiger partial charge in [-0.1, -0.05) is 11.6 Å². The summed E-state index contributed by atoms with van der Waals surface area (Å²) in [5, 5.41) is 29.7. The van der Waals surface area contributed by atoms with Crippen LogP contribution in [-0.4, -0.2) is 59.3 Å². The molecule has 2 aromatic heterocycles. The molecule has 0 bridgehead atoms. The fourth-order valence-corrected chi connectivity index (χ4v) is 2.68. The molecule has 21 heavy (non-hydrogen) atoms. The van der Waals surface area contributed by atoms with Gasteiger partial charge in [0, 0.05) is 0 Å². The fraction of sp³-hybridized carbons (Fsp3) is 0.545. The summed E-state index contributed by atoms with van der Waals surface area (Å²) >= 11 is 5.94. The molecular weight excluding hydrogens is 302 g/mol. The lowest BCUT2D eigenvalue weighted by Crippen LogP contribution is -2.44. The summed E-state index contributed by atoms with van der Waals surface area (Å²) in [5.41, 5.74) is 4.48. The van der Waals surface area contributed by atoms with Gasteiger partial charge in [-0.15, -0.1) is 0 Å². The van der Waals surface area contributed by atoms with E-state index in [9.17, 15) is 15.3 Å². The van der Waals surface area contributed by atoms with Gasteiger partial charge in [-0.05, 0) is 6.92 Å². The standard InChI is InChI=1S/C11H14ClN5O4/c1-11(20)6(19)4(2-18)21-9(11)17-3-14-5-7(12)15-10(13)16-8(5)17/h3-4,6,9,18-20H,2H2,1H3,(H2,13,15,16)/t4-,6-,9-,11-/m1/s1. The zero-order chi connectivity index (χ0) is 15.4. The Kier molecular flexibility index (Phi) is 3.26. The molecule has 3 heterocycles. The smallest absolute Gasteiger partial charge is 0.223 e. The van der Waals surface area contributed by atoms with Crippen molar-refractivity contribution in [3.63, 3.8) is 0 Å². The number of imidazole rings is 1. The van der Waals surface area contributed by atoms with Crippen LogP contribution in [0.5, 0.6) is 0 Å². The van der Waals surface area contributed by atoms with Crippen LogP contribution in [0.15, 0.2) is 6.33 Å². The summed E-state index contributed by atoms with van der Waals surface area (Å²) in [5.74, 6) is -0.0499. The predicted molar refractivity (Wildman–Crippen MR) is 72.4 cm³/mol. The third kappa shape index (κ3) is 2.05. The lowest BCUT2D eigenvalue weighted by atomic mass is 9.96. The van der Waals surface area contributed by atoms with Gasteiger partial charge < -0.3 is 25.8 Å². The molecule has 0 spiro atoms. The van der Waals surface area contributed by atoms with Crippen LogP contribution in [0.2, 0.25) is 5.15 Å². The van der Waals surface area contributed by atoms with Crippen LogP contribution in [0, 0.1) is 0 Å². The number of hydrogen-bond donors (Lipinski definition) is 4. The first-order chi connectivity index (χ1) is 9.86. The van der Waals surface area contributed by atoms with E-state index in [1.165, 1.54) is 17.8 Å². The zero-order valence-electron chi connectivity index (χ0n) is 11.0. The molecule has 5 N–H and O–H groups in total. The van der Waals surface area contributed by atoms with Crippen molar-refractivity contribution >= 4 is 28.7 Å². The van der Waals surface area contributed by atoms with Crippen LogP contribution in [-0.2, 0) is 4.74 Å². The first kappa shape index (κ1) is 14.4. The van der Waals surface area contributed by atoms with E-state index in [0.29, 0.717) is 5.52 Å². The Morgan fingerprint density at radius 2 is 2.24 bits per heavy atom. The Morgan fingerprint density at radius 3 is 2.86 bits per heavy atom. The summed E-state index contributed by atoms with van der Waals surface area (Å²) in [6.45, 7) is 0.967. The molecule has 3 rings (SSSR count). The van der Waals surface area contributed by atoms with Crippen molar-refractivity contribution in [2.45, 2.75) is 31.0 Å². The Morgan fingerprint density at radius 1 is 1.52 bits per heavy atom. The van der Waals surface area contributed by atoms with Crippen molar-refractivity contribution in [2.24, 2.45) is 0 Å². The van der Waals surface area contributed by atoms with Gasteiger partial charge >= 0.3 is 0 Å². The molecule has 4 atom stereocenters. The van der Waals surface area contributed by atoms with Gasteiger partial charge in [-0.25, -0.2) is 4.98 Å². The zero-order valence-corrected chi connectivity index (χ0v) is 11.8. The molecule has 0 amide bonds. The minimum atomic E-state index is -1.65. The van der Waals surface area contributed by atoms with Crippen molar-refractivity contribution < 1.29 is 20.1 Å². The summed E-state index contributed by atoms with van der Waals surface area (Å²) in [6.07, 6.45) is -1.83. The first-order valence-electron chi connectivity index (χ1n) is 6.18. The minimum absolute atomic E-state index is 0.0499. The molecule has 114 valence electrons. The topological polar surface area (TPSA) is 140 Å². The molecule has 2 aromatic rings. The van der Waals surface area contributed by atoms with Gasteiger partial charge in [-0.3, -0.25) is 4.57 Å². The van der Waals surface area contributed by atoms with E-state index < -0.39 is 30.6 Å². The first-order valence-corrected chi connectivity index (χ1v) is 6.56. The summed E-state index contributed by atoms with van der Waals surface area (Å²) < 4.78 is 6.90. The van der Waals surface area contributed by atoms with Gasteiger partial charge in [0.25, 0.3) is 0 Å². The number of fused-ring (bicyclic) bond motifs is 1.